The number of rotatable bonds is 8. The van der Waals surface area contributed by atoms with E-state index in [2.05, 4.69) is 26.6 Å². The first-order chi connectivity index (χ1) is 15.0. The number of halogens is 1. The molecule has 1 aliphatic rings. The van der Waals surface area contributed by atoms with Crippen LogP contribution in [0, 0.1) is 0 Å². The number of esters is 1. The largest absolute Gasteiger partial charge is 0.490 e. The highest BCUT2D eigenvalue weighted by Gasteiger charge is 2.33. The first-order valence-corrected chi connectivity index (χ1v) is 10.8. The Morgan fingerprint density at radius 1 is 1.06 bits per heavy atom. The molecule has 31 heavy (non-hydrogen) atoms. The number of amides is 2. The fraction of sp³-hybridized carbons (Fsp3) is 0.304. The van der Waals surface area contributed by atoms with Crippen LogP contribution < -0.4 is 20.1 Å². The van der Waals surface area contributed by atoms with Gasteiger partial charge in [0.15, 0.2) is 11.5 Å². The zero-order valence-electron chi connectivity index (χ0n) is 17.7. The third-order valence-electron chi connectivity index (χ3n) is 4.82. The first-order valence-electron chi connectivity index (χ1n) is 9.99. The predicted octanol–water partition coefficient (Wildman–Crippen LogP) is 4.62. The smallest absolute Gasteiger partial charge is 0.337 e. The maximum absolute atomic E-state index is 12.5. The highest BCUT2D eigenvalue weighted by atomic mass is 79.9. The average molecular weight is 489 g/mol. The molecule has 0 saturated carbocycles. The fourth-order valence-electron chi connectivity index (χ4n) is 3.33. The summed E-state index contributed by atoms with van der Waals surface area (Å²) in [4.78, 5) is 24.6. The van der Waals surface area contributed by atoms with Gasteiger partial charge >= 0.3 is 12.0 Å². The third kappa shape index (κ3) is 5.38. The van der Waals surface area contributed by atoms with Gasteiger partial charge in [-0.2, -0.15) is 0 Å². The molecule has 2 aromatic carbocycles. The molecular formula is C23H25BrN2O5. The Balaban J connectivity index is 1.92. The summed E-state index contributed by atoms with van der Waals surface area (Å²) in [6, 6.07) is 12.2. The summed E-state index contributed by atoms with van der Waals surface area (Å²) in [5, 5.41) is 5.50. The number of carbonyl (C=O) groups is 2. The van der Waals surface area contributed by atoms with E-state index in [0.29, 0.717) is 48.0 Å². The summed E-state index contributed by atoms with van der Waals surface area (Å²) in [5.74, 6) is 0.614. The van der Waals surface area contributed by atoms with Gasteiger partial charge in [0.1, 0.15) is 6.61 Å². The van der Waals surface area contributed by atoms with E-state index in [1.54, 1.807) is 12.1 Å². The highest BCUT2D eigenvalue weighted by molar-refractivity contribution is 9.10. The van der Waals surface area contributed by atoms with Crippen molar-refractivity contribution >= 4 is 27.9 Å². The molecule has 0 saturated heterocycles. The molecule has 7 nitrogen and oxygen atoms in total. The van der Waals surface area contributed by atoms with E-state index in [1.807, 2.05) is 44.2 Å². The summed E-state index contributed by atoms with van der Waals surface area (Å²) in [5.41, 5.74) is 2.62. The van der Waals surface area contributed by atoms with E-state index in [4.69, 9.17) is 14.2 Å². The van der Waals surface area contributed by atoms with Crippen LogP contribution in [0.1, 0.15) is 37.4 Å². The summed E-state index contributed by atoms with van der Waals surface area (Å²) < 4.78 is 17.7. The van der Waals surface area contributed by atoms with Gasteiger partial charge in [0.2, 0.25) is 0 Å². The summed E-state index contributed by atoms with van der Waals surface area (Å²) in [6.07, 6.45) is 0.487. The van der Waals surface area contributed by atoms with E-state index in [-0.39, 0.29) is 6.03 Å². The number of urea groups is 1. The molecule has 2 N–H and O–H groups in total. The lowest BCUT2D eigenvalue weighted by Gasteiger charge is -2.29. The Morgan fingerprint density at radius 3 is 2.45 bits per heavy atom. The molecule has 164 valence electrons. The minimum Gasteiger partial charge on any atom is -0.490 e. The molecule has 2 amide bonds. The van der Waals surface area contributed by atoms with E-state index in [1.165, 1.54) is 7.11 Å². The van der Waals surface area contributed by atoms with Crippen molar-refractivity contribution in [3.63, 3.8) is 0 Å². The van der Waals surface area contributed by atoms with E-state index in [9.17, 15) is 9.59 Å². The van der Waals surface area contributed by atoms with E-state index >= 15 is 0 Å². The zero-order chi connectivity index (χ0) is 22.4. The second-order valence-corrected chi connectivity index (χ2v) is 7.74. The van der Waals surface area contributed by atoms with Crippen molar-refractivity contribution in [1.82, 2.24) is 10.6 Å². The van der Waals surface area contributed by atoms with E-state index < -0.39 is 12.0 Å². The Bertz CT molecular complexity index is 988. The minimum atomic E-state index is -0.657. The van der Waals surface area contributed by atoms with Crippen LogP contribution in [-0.4, -0.2) is 25.7 Å². The lowest BCUT2D eigenvalue weighted by Crippen LogP contribution is -2.45. The van der Waals surface area contributed by atoms with Crippen molar-refractivity contribution in [2.75, 3.05) is 13.7 Å². The van der Waals surface area contributed by atoms with Crippen molar-refractivity contribution in [2.24, 2.45) is 0 Å². The molecule has 0 aliphatic carbocycles. The van der Waals surface area contributed by atoms with Crippen LogP contribution in [0.4, 0.5) is 4.79 Å². The monoisotopic (exact) mass is 488 g/mol. The fourth-order valence-corrected chi connectivity index (χ4v) is 3.60. The molecule has 1 unspecified atom stereocenters. The first kappa shape index (κ1) is 22.7. The van der Waals surface area contributed by atoms with Gasteiger partial charge in [-0.3, -0.25) is 0 Å². The number of benzene rings is 2. The Labute approximate surface area is 189 Å². The van der Waals surface area contributed by atoms with Gasteiger partial charge in [-0.1, -0.05) is 41.1 Å². The van der Waals surface area contributed by atoms with Gasteiger partial charge in [0.05, 0.1) is 25.3 Å². The van der Waals surface area contributed by atoms with Gasteiger partial charge in [-0.25, -0.2) is 9.59 Å². The van der Waals surface area contributed by atoms with Gasteiger partial charge in [-0.05, 0) is 48.7 Å². The second-order valence-electron chi connectivity index (χ2n) is 6.82. The SMILES string of the molecule is CCOc1cc(C2NC(=O)NC(CC)=C2C(=O)OC)ccc1OCc1ccc(Br)cc1. The van der Waals surface area contributed by atoms with Gasteiger partial charge in [0.25, 0.3) is 0 Å². The molecule has 0 radical (unpaired) electrons. The van der Waals surface area contributed by atoms with Gasteiger partial charge in [0, 0.05) is 10.2 Å². The van der Waals surface area contributed by atoms with Crippen LogP contribution in [-0.2, 0) is 16.1 Å². The van der Waals surface area contributed by atoms with Crippen molar-refractivity contribution in [1.29, 1.82) is 0 Å². The number of methoxy groups -OCH3 is 1. The molecule has 0 bridgehead atoms. The summed E-state index contributed by atoms with van der Waals surface area (Å²) >= 11 is 3.42. The molecule has 1 heterocycles. The van der Waals surface area contributed by atoms with Crippen molar-refractivity contribution in [3.05, 3.63) is 69.3 Å². The Morgan fingerprint density at radius 2 is 1.81 bits per heavy atom. The average Bonchev–Trinajstić information content (AvgIpc) is 2.78. The van der Waals surface area contributed by atoms with Crippen LogP contribution in [0.3, 0.4) is 0 Å². The topological polar surface area (TPSA) is 85.9 Å². The molecule has 0 aromatic heterocycles. The highest BCUT2D eigenvalue weighted by Crippen LogP contribution is 2.35. The van der Waals surface area contributed by atoms with Crippen LogP contribution in [0.25, 0.3) is 0 Å². The summed E-state index contributed by atoms with van der Waals surface area (Å²) in [6.45, 7) is 4.57. The Hall–Kier alpha value is -3.00. The van der Waals surface area contributed by atoms with E-state index in [0.717, 1.165) is 10.0 Å². The van der Waals surface area contributed by atoms with Crippen LogP contribution in [0.15, 0.2) is 58.2 Å². The minimum absolute atomic E-state index is 0.371. The maximum atomic E-state index is 12.5. The number of nitrogens with one attached hydrogen (secondary N) is 2. The Kier molecular flexibility index (Phi) is 7.57. The molecule has 3 rings (SSSR count). The number of allylic oxidation sites excluding steroid dienone is 1. The third-order valence-corrected chi connectivity index (χ3v) is 5.35. The quantitative estimate of drug-likeness (QED) is 0.529. The molecule has 8 heteroatoms. The van der Waals surface area contributed by atoms with Gasteiger partial charge < -0.3 is 24.8 Å². The molecule has 1 aliphatic heterocycles. The second kappa shape index (κ2) is 10.3. The van der Waals surface area contributed by atoms with Crippen molar-refractivity contribution in [2.45, 2.75) is 32.9 Å². The zero-order valence-corrected chi connectivity index (χ0v) is 19.2. The lowest BCUT2D eigenvalue weighted by atomic mass is 9.94. The standard InChI is InChI=1S/C23H25BrN2O5/c1-4-17-20(22(27)29-3)21(26-23(28)25-17)15-8-11-18(19(12-15)30-5-2)31-13-14-6-9-16(24)10-7-14/h6-12,21H,4-5,13H2,1-3H3,(H2,25,26,28). The summed E-state index contributed by atoms with van der Waals surface area (Å²) in [7, 11) is 1.32. The number of hydrogen-bond donors (Lipinski definition) is 2. The number of carbonyl (C=O) groups excluding carboxylic acids is 2. The van der Waals surface area contributed by atoms with Crippen LogP contribution in [0.5, 0.6) is 11.5 Å². The number of hydrogen-bond acceptors (Lipinski definition) is 5. The number of ether oxygens (including phenoxy) is 3. The van der Waals surface area contributed by atoms with Crippen LogP contribution in [0.2, 0.25) is 0 Å². The molecule has 1 atom stereocenters. The maximum Gasteiger partial charge on any atom is 0.337 e. The predicted molar refractivity (Wildman–Crippen MR) is 120 cm³/mol. The van der Waals surface area contributed by atoms with Gasteiger partial charge in [-0.15, -0.1) is 0 Å². The lowest BCUT2D eigenvalue weighted by molar-refractivity contribution is -0.136. The normalized spacial score (nSPS) is 15.7. The molecule has 0 spiro atoms. The molecule has 0 fully saturated rings. The molecule has 2 aromatic rings. The van der Waals surface area contributed by atoms with Crippen molar-refractivity contribution in [3.8, 4) is 11.5 Å². The van der Waals surface area contributed by atoms with Crippen LogP contribution >= 0.6 is 15.9 Å². The van der Waals surface area contributed by atoms with Crippen molar-refractivity contribution < 1.29 is 23.8 Å². The molecular weight excluding hydrogens is 464 g/mol.